The Bertz CT molecular complexity index is 384. The zero-order chi connectivity index (χ0) is 11.5. The molecule has 0 aliphatic carbocycles. The van der Waals surface area contributed by atoms with Gasteiger partial charge in [0.1, 0.15) is 4.88 Å². The Morgan fingerprint density at radius 3 is 2.81 bits per heavy atom. The van der Waals surface area contributed by atoms with Crippen LogP contribution in [0.15, 0.2) is 0 Å². The number of carbonyl (C=O) groups excluding carboxylic acids is 1. The minimum atomic E-state index is -0.236. The van der Waals surface area contributed by atoms with Crippen LogP contribution >= 0.6 is 11.3 Å². The number of thiazole rings is 1. The second-order valence-electron chi connectivity index (χ2n) is 3.79. The number of nitrogens with zero attached hydrogens (tertiary/aromatic N) is 2. The van der Waals surface area contributed by atoms with Crippen LogP contribution in [0.1, 0.15) is 35.1 Å². The van der Waals surface area contributed by atoms with Crippen molar-refractivity contribution in [3.8, 4) is 0 Å². The first-order chi connectivity index (χ1) is 7.76. The standard InChI is InChI=1S/C10H16N4OS/c1-2-7-8(9(15)13-11)16-10(12-7)14-5-3-4-6-14/h2-6,11H2,1H3,(H,13,15). The molecule has 0 unspecified atom stereocenters. The molecule has 2 heterocycles. The number of hydrogen-bond acceptors (Lipinski definition) is 5. The summed E-state index contributed by atoms with van der Waals surface area (Å²) < 4.78 is 0. The van der Waals surface area contributed by atoms with Gasteiger partial charge in [0, 0.05) is 13.1 Å². The maximum absolute atomic E-state index is 11.5. The molecule has 1 aromatic heterocycles. The lowest BCUT2D eigenvalue weighted by Gasteiger charge is -2.12. The van der Waals surface area contributed by atoms with Crippen LogP contribution in [0.25, 0.3) is 0 Å². The summed E-state index contributed by atoms with van der Waals surface area (Å²) in [6, 6.07) is 0. The predicted octanol–water partition coefficient (Wildman–Crippen LogP) is 0.909. The SMILES string of the molecule is CCc1nc(N2CCCC2)sc1C(=O)NN. The van der Waals surface area contributed by atoms with Crippen molar-refractivity contribution in [3.63, 3.8) is 0 Å². The number of anilines is 1. The Morgan fingerprint density at radius 1 is 1.56 bits per heavy atom. The molecule has 1 aliphatic heterocycles. The Labute approximate surface area is 98.6 Å². The minimum Gasteiger partial charge on any atom is -0.348 e. The van der Waals surface area contributed by atoms with Gasteiger partial charge in [0.05, 0.1) is 5.69 Å². The van der Waals surface area contributed by atoms with Gasteiger partial charge in [0.2, 0.25) is 0 Å². The van der Waals surface area contributed by atoms with E-state index < -0.39 is 0 Å². The van der Waals surface area contributed by atoms with Gasteiger partial charge in [-0.3, -0.25) is 10.2 Å². The van der Waals surface area contributed by atoms with E-state index in [9.17, 15) is 4.79 Å². The van der Waals surface area contributed by atoms with Gasteiger partial charge in [0.15, 0.2) is 5.13 Å². The molecule has 0 bridgehead atoms. The molecule has 0 saturated carbocycles. The molecule has 1 aliphatic rings. The van der Waals surface area contributed by atoms with Crippen LogP contribution in [0.3, 0.4) is 0 Å². The first-order valence-corrected chi connectivity index (χ1v) is 6.33. The number of aryl methyl sites for hydroxylation is 1. The summed E-state index contributed by atoms with van der Waals surface area (Å²) in [5.74, 6) is 4.92. The van der Waals surface area contributed by atoms with E-state index in [0.29, 0.717) is 4.88 Å². The summed E-state index contributed by atoms with van der Waals surface area (Å²) in [5, 5.41) is 0.952. The van der Waals surface area contributed by atoms with Gasteiger partial charge in [-0.25, -0.2) is 10.8 Å². The molecule has 1 amide bonds. The predicted molar refractivity (Wildman–Crippen MR) is 64.6 cm³/mol. The molecule has 1 aromatic rings. The Balaban J connectivity index is 2.27. The molecule has 88 valence electrons. The lowest BCUT2D eigenvalue weighted by molar-refractivity contribution is 0.0956. The minimum absolute atomic E-state index is 0.236. The van der Waals surface area contributed by atoms with Crippen LogP contribution < -0.4 is 16.2 Å². The van der Waals surface area contributed by atoms with Gasteiger partial charge in [-0.15, -0.1) is 0 Å². The molecule has 5 nitrogen and oxygen atoms in total. The van der Waals surface area contributed by atoms with Gasteiger partial charge < -0.3 is 4.90 Å². The second kappa shape index (κ2) is 4.80. The molecule has 0 spiro atoms. The first-order valence-electron chi connectivity index (χ1n) is 5.51. The molecule has 0 aromatic carbocycles. The maximum Gasteiger partial charge on any atom is 0.277 e. The second-order valence-corrected chi connectivity index (χ2v) is 4.77. The van der Waals surface area contributed by atoms with Gasteiger partial charge in [-0.2, -0.15) is 0 Å². The van der Waals surface area contributed by atoms with E-state index in [4.69, 9.17) is 5.84 Å². The van der Waals surface area contributed by atoms with Crippen LogP contribution in [0.2, 0.25) is 0 Å². The smallest absolute Gasteiger partial charge is 0.277 e. The van der Waals surface area contributed by atoms with E-state index in [1.807, 2.05) is 6.92 Å². The summed E-state index contributed by atoms with van der Waals surface area (Å²) in [4.78, 5) is 18.9. The Kier molecular flexibility index (Phi) is 3.40. The summed E-state index contributed by atoms with van der Waals surface area (Å²) >= 11 is 1.44. The molecule has 1 saturated heterocycles. The highest BCUT2D eigenvalue weighted by molar-refractivity contribution is 7.17. The molecule has 2 rings (SSSR count). The van der Waals surface area contributed by atoms with Crippen molar-refractivity contribution in [3.05, 3.63) is 10.6 Å². The lowest BCUT2D eigenvalue weighted by Crippen LogP contribution is -2.30. The normalized spacial score (nSPS) is 15.5. The fraction of sp³-hybridized carbons (Fsp3) is 0.600. The van der Waals surface area contributed by atoms with Crippen LogP contribution in [0, 0.1) is 0 Å². The highest BCUT2D eigenvalue weighted by atomic mass is 32.1. The number of hydrazine groups is 1. The third-order valence-electron chi connectivity index (χ3n) is 2.73. The van der Waals surface area contributed by atoms with Gasteiger partial charge in [0.25, 0.3) is 5.91 Å². The average molecular weight is 240 g/mol. The molecule has 6 heteroatoms. The number of carbonyl (C=O) groups is 1. The molecular formula is C10H16N4OS. The van der Waals surface area contributed by atoms with E-state index in [2.05, 4.69) is 15.3 Å². The van der Waals surface area contributed by atoms with Crippen molar-refractivity contribution in [2.24, 2.45) is 5.84 Å². The molecule has 0 radical (unpaired) electrons. The number of aromatic nitrogens is 1. The monoisotopic (exact) mass is 240 g/mol. The fourth-order valence-electron chi connectivity index (χ4n) is 1.87. The number of amides is 1. The van der Waals surface area contributed by atoms with Crippen molar-refractivity contribution in [1.29, 1.82) is 0 Å². The van der Waals surface area contributed by atoms with E-state index >= 15 is 0 Å². The van der Waals surface area contributed by atoms with Gasteiger partial charge in [-0.1, -0.05) is 18.3 Å². The van der Waals surface area contributed by atoms with Gasteiger partial charge >= 0.3 is 0 Å². The maximum atomic E-state index is 11.5. The molecule has 16 heavy (non-hydrogen) atoms. The van der Waals surface area contributed by atoms with Crippen molar-refractivity contribution >= 4 is 22.4 Å². The zero-order valence-electron chi connectivity index (χ0n) is 9.32. The lowest BCUT2D eigenvalue weighted by atomic mass is 10.3. The van der Waals surface area contributed by atoms with E-state index in [1.54, 1.807) is 0 Å². The molecule has 1 fully saturated rings. The summed E-state index contributed by atoms with van der Waals surface area (Å²) in [6.07, 6.45) is 3.17. The van der Waals surface area contributed by atoms with Crippen molar-refractivity contribution < 1.29 is 4.79 Å². The summed E-state index contributed by atoms with van der Waals surface area (Å²) in [7, 11) is 0. The number of nitrogens with one attached hydrogen (secondary N) is 1. The van der Waals surface area contributed by atoms with E-state index in [-0.39, 0.29) is 5.91 Å². The fourth-order valence-corrected chi connectivity index (χ4v) is 2.97. The van der Waals surface area contributed by atoms with Gasteiger partial charge in [-0.05, 0) is 19.3 Å². The molecule has 0 atom stereocenters. The highest BCUT2D eigenvalue weighted by Gasteiger charge is 2.21. The third-order valence-corrected chi connectivity index (χ3v) is 3.89. The third kappa shape index (κ3) is 2.03. The van der Waals surface area contributed by atoms with Crippen LogP contribution in [-0.4, -0.2) is 24.0 Å². The van der Waals surface area contributed by atoms with E-state index in [0.717, 1.165) is 30.3 Å². The molecule has 3 N–H and O–H groups in total. The number of nitrogens with two attached hydrogens (primary N) is 1. The summed E-state index contributed by atoms with van der Waals surface area (Å²) in [5.41, 5.74) is 3.02. The van der Waals surface area contributed by atoms with Crippen LogP contribution in [0.4, 0.5) is 5.13 Å². The van der Waals surface area contributed by atoms with Crippen LogP contribution in [-0.2, 0) is 6.42 Å². The number of rotatable bonds is 3. The van der Waals surface area contributed by atoms with Crippen molar-refractivity contribution in [2.75, 3.05) is 18.0 Å². The summed E-state index contributed by atoms with van der Waals surface area (Å²) in [6.45, 7) is 4.08. The number of nitrogen functional groups attached to an aromatic ring is 1. The highest BCUT2D eigenvalue weighted by Crippen LogP contribution is 2.29. The Hall–Kier alpha value is -1.14. The largest absolute Gasteiger partial charge is 0.348 e. The van der Waals surface area contributed by atoms with Crippen LogP contribution in [0.5, 0.6) is 0 Å². The zero-order valence-corrected chi connectivity index (χ0v) is 10.1. The van der Waals surface area contributed by atoms with Crippen molar-refractivity contribution in [2.45, 2.75) is 26.2 Å². The quantitative estimate of drug-likeness (QED) is 0.468. The number of hydrogen-bond donors (Lipinski definition) is 2. The van der Waals surface area contributed by atoms with Crippen molar-refractivity contribution in [1.82, 2.24) is 10.4 Å². The Morgan fingerprint density at radius 2 is 2.25 bits per heavy atom. The topological polar surface area (TPSA) is 71.2 Å². The molecular weight excluding hydrogens is 224 g/mol. The van der Waals surface area contributed by atoms with E-state index in [1.165, 1.54) is 24.2 Å². The first kappa shape index (κ1) is 11.3. The average Bonchev–Trinajstić information content (AvgIpc) is 2.95.